The van der Waals surface area contributed by atoms with Gasteiger partial charge in [-0.05, 0) is 62.7 Å². The highest BCUT2D eigenvalue weighted by Crippen LogP contribution is 2.65. The lowest BCUT2D eigenvalue weighted by Crippen LogP contribution is -2.59. The minimum Gasteiger partial charge on any atom is -0.353 e. The first-order valence-corrected chi connectivity index (χ1v) is 7.66. The van der Waals surface area contributed by atoms with Crippen LogP contribution < -0.4 is 5.32 Å². The fourth-order valence-electron chi connectivity index (χ4n) is 5.18. The number of amides is 1. The van der Waals surface area contributed by atoms with Gasteiger partial charge in [-0.2, -0.15) is 0 Å². The highest BCUT2D eigenvalue weighted by molar-refractivity contribution is 9.10. The molecule has 4 aliphatic rings. The normalized spacial score (nSPS) is 49.1. The van der Waals surface area contributed by atoms with E-state index in [9.17, 15) is 4.79 Å². The van der Waals surface area contributed by atoms with Crippen LogP contribution in [0.4, 0.5) is 0 Å². The maximum Gasteiger partial charge on any atom is 0.217 e. The SMILES string of the molecule is CC(=O)NC(C)C12CC3CC(CC(Br)(C3)C1)C2. The minimum absolute atomic E-state index is 0.122. The Bertz CT molecular complexity index is 340. The van der Waals surface area contributed by atoms with Crippen molar-refractivity contribution < 1.29 is 4.79 Å². The number of carbonyl (C=O) groups excluding carboxylic acids is 1. The molecular weight excluding hydrogens is 278 g/mol. The van der Waals surface area contributed by atoms with Gasteiger partial charge >= 0.3 is 0 Å². The highest BCUT2D eigenvalue weighted by atomic mass is 79.9. The molecule has 4 saturated carbocycles. The van der Waals surface area contributed by atoms with E-state index in [0.717, 1.165) is 11.8 Å². The molecule has 4 rings (SSSR count). The molecule has 4 bridgehead atoms. The lowest BCUT2D eigenvalue weighted by Gasteiger charge is -2.62. The van der Waals surface area contributed by atoms with Crippen molar-refractivity contribution in [1.82, 2.24) is 5.32 Å². The molecule has 0 aromatic rings. The Hall–Kier alpha value is -0.0500. The van der Waals surface area contributed by atoms with Gasteiger partial charge in [-0.25, -0.2) is 0 Å². The summed E-state index contributed by atoms with van der Waals surface area (Å²) < 4.78 is 0.393. The third-order valence-corrected chi connectivity index (χ3v) is 6.30. The van der Waals surface area contributed by atoms with Gasteiger partial charge in [0.2, 0.25) is 5.91 Å². The van der Waals surface area contributed by atoms with Crippen LogP contribution in [-0.4, -0.2) is 16.3 Å². The molecule has 1 N–H and O–H groups in total. The summed E-state index contributed by atoms with van der Waals surface area (Å²) in [5.74, 6) is 1.91. The summed E-state index contributed by atoms with van der Waals surface area (Å²) in [6.07, 6.45) is 8.07. The molecule has 0 aromatic heterocycles. The Morgan fingerprint density at radius 3 is 2.35 bits per heavy atom. The molecule has 3 heteroatoms. The predicted molar refractivity (Wildman–Crippen MR) is 72.1 cm³/mol. The molecular formula is C14H22BrNO. The fraction of sp³-hybridized carbons (Fsp3) is 0.929. The van der Waals surface area contributed by atoms with E-state index in [4.69, 9.17) is 0 Å². The maximum absolute atomic E-state index is 11.3. The zero-order chi connectivity index (χ0) is 12.3. The molecule has 3 unspecified atom stereocenters. The van der Waals surface area contributed by atoms with E-state index in [1.165, 1.54) is 38.5 Å². The molecule has 0 saturated heterocycles. The average molecular weight is 300 g/mol. The number of alkyl halides is 1. The van der Waals surface area contributed by atoms with Crippen LogP contribution in [0.2, 0.25) is 0 Å². The third-order valence-electron chi connectivity index (χ3n) is 5.37. The predicted octanol–water partition coefficient (Wildman–Crippen LogP) is 3.24. The fourth-order valence-corrected chi connectivity index (χ4v) is 6.66. The molecule has 0 aliphatic heterocycles. The second-order valence-electron chi connectivity index (χ2n) is 6.90. The first kappa shape index (κ1) is 12.0. The van der Waals surface area contributed by atoms with Gasteiger partial charge in [0.05, 0.1) is 0 Å². The zero-order valence-corrected chi connectivity index (χ0v) is 12.3. The van der Waals surface area contributed by atoms with Crippen molar-refractivity contribution in [2.45, 2.75) is 62.7 Å². The van der Waals surface area contributed by atoms with Crippen molar-refractivity contribution in [1.29, 1.82) is 0 Å². The van der Waals surface area contributed by atoms with Gasteiger partial charge in [-0.15, -0.1) is 0 Å². The van der Waals surface area contributed by atoms with E-state index in [-0.39, 0.29) is 5.91 Å². The molecule has 3 atom stereocenters. The Morgan fingerprint density at radius 2 is 1.88 bits per heavy atom. The Labute approximate surface area is 112 Å². The van der Waals surface area contributed by atoms with Gasteiger partial charge in [-0.1, -0.05) is 15.9 Å². The van der Waals surface area contributed by atoms with Crippen LogP contribution in [0.3, 0.4) is 0 Å². The standard InChI is InChI=1S/C14H22BrNO/c1-9(16-10(2)17)13-4-11-3-12(5-13)7-14(15,6-11)8-13/h9,11-12H,3-8H2,1-2H3,(H,16,17). The Balaban J connectivity index is 1.85. The zero-order valence-electron chi connectivity index (χ0n) is 10.8. The van der Waals surface area contributed by atoms with Crippen molar-refractivity contribution in [2.75, 3.05) is 0 Å². The largest absolute Gasteiger partial charge is 0.353 e. The third kappa shape index (κ3) is 1.94. The highest BCUT2D eigenvalue weighted by Gasteiger charge is 2.58. The summed E-state index contributed by atoms with van der Waals surface area (Å²) in [6.45, 7) is 3.85. The first-order valence-electron chi connectivity index (χ1n) is 6.87. The van der Waals surface area contributed by atoms with Gasteiger partial charge in [0.15, 0.2) is 0 Å². The van der Waals surface area contributed by atoms with Gasteiger partial charge in [0.1, 0.15) is 0 Å². The average Bonchev–Trinajstić information content (AvgIpc) is 2.11. The molecule has 4 fully saturated rings. The van der Waals surface area contributed by atoms with Crippen molar-refractivity contribution in [3.63, 3.8) is 0 Å². The lowest BCUT2D eigenvalue weighted by molar-refractivity contribution is -0.123. The van der Waals surface area contributed by atoms with Crippen molar-refractivity contribution in [2.24, 2.45) is 17.3 Å². The van der Waals surface area contributed by atoms with E-state index < -0.39 is 0 Å². The summed E-state index contributed by atoms with van der Waals surface area (Å²) in [4.78, 5) is 11.3. The van der Waals surface area contributed by atoms with E-state index in [1.807, 2.05) is 0 Å². The molecule has 17 heavy (non-hydrogen) atoms. The lowest BCUT2D eigenvalue weighted by atomic mass is 9.48. The number of carbonyl (C=O) groups is 1. The van der Waals surface area contributed by atoms with Crippen molar-refractivity contribution in [3.05, 3.63) is 0 Å². The number of hydrogen-bond acceptors (Lipinski definition) is 1. The van der Waals surface area contributed by atoms with Crippen LogP contribution >= 0.6 is 15.9 Å². The molecule has 2 nitrogen and oxygen atoms in total. The van der Waals surface area contributed by atoms with Crippen LogP contribution in [-0.2, 0) is 4.79 Å². The smallest absolute Gasteiger partial charge is 0.217 e. The molecule has 0 radical (unpaired) electrons. The van der Waals surface area contributed by atoms with Gasteiger partial charge in [-0.3, -0.25) is 4.79 Å². The van der Waals surface area contributed by atoms with Crippen LogP contribution in [0.1, 0.15) is 52.4 Å². The minimum atomic E-state index is 0.122. The van der Waals surface area contributed by atoms with Crippen LogP contribution in [0.5, 0.6) is 0 Å². The van der Waals surface area contributed by atoms with Crippen LogP contribution in [0.25, 0.3) is 0 Å². The first-order chi connectivity index (χ1) is 7.91. The summed E-state index contributed by atoms with van der Waals surface area (Å²) in [7, 11) is 0. The topological polar surface area (TPSA) is 29.1 Å². The van der Waals surface area contributed by atoms with Gasteiger partial charge in [0.25, 0.3) is 0 Å². The second kappa shape index (κ2) is 3.72. The molecule has 0 aromatic carbocycles. The van der Waals surface area contributed by atoms with Crippen molar-refractivity contribution in [3.8, 4) is 0 Å². The van der Waals surface area contributed by atoms with E-state index in [2.05, 4.69) is 28.2 Å². The van der Waals surface area contributed by atoms with Crippen LogP contribution in [0, 0.1) is 17.3 Å². The number of rotatable bonds is 2. The Morgan fingerprint density at radius 1 is 1.29 bits per heavy atom. The molecule has 0 spiro atoms. The summed E-state index contributed by atoms with van der Waals surface area (Å²) >= 11 is 4.01. The molecule has 4 aliphatic carbocycles. The number of nitrogens with one attached hydrogen (secondary N) is 1. The van der Waals surface area contributed by atoms with Crippen LogP contribution in [0.15, 0.2) is 0 Å². The number of hydrogen-bond donors (Lipinski definition) is 1. The molecule has 1 amide bonds. The monoisotopic (exact) mass is 299 g/mol. The van der Waals surface area contributed by atoms with Gasteiger partial charge < -0.3 is 5.32 Å². The second-order valence-corrected chi connectivity index (χ2v) is 8.58. The van der Waals surface area contributed by atoms with E-state index >= 15 is 0 Å². The van der Waals surface area contributed by atoms with Crippen molar-refractivity contribution >= 4 is 21.8 Å². The van der Waals surface area contributed by atoms with E-state index in [0.29, 0.717) is 15.8 Å². The number of halogens is 1. The molecule has 0 heterocycles. The van der Waals surface area contributed by atoms with Gasteiger partial charge in [0, 0.05) is 17.3 Å². The van der Waals surface area contributed by atoms with E-state index in [1.54, 1.807) is 6.92 Å². The Kier molecular flexibility index (Phi) is 2.63. The summed E-state index contributed by atoms with van der Waals surface area (Å²) in [6, 6.07) is 0.336. The maximum atomic E-state index is 11.3. The summed E-state index contributed by atoms with van der Waals surface area (Å²) in [5.41, 5.74) is 0.374. The molecule has 96 valence electrons. The summed E-state index contributed by atoms with van der Waals surface area (Å²) in [5, 5.41) is 3.16. The quantitative estimate of drug-likeness (QED) is 0.779.